The molecule has 7 nitrogen and oxygen atoms in total. The van der Waals surface area contributed by atoms with E-state index < -0.39 is 29.5 Å². The van der Waals surface area contributed by atoms with Gasteiger partial charge >= 0.3 is 0 Å². The van der Waals surface area contributed by atoms with Gasteiger partial charge in [-0.15, -0.1) is 0 Å². The molecule has 3 rings (SSSR count). The van der Waals surface area contributed by atoms with Crippen LogP contribution in [0.4, 0.5) is 14.6 Å². The van der Waals surface area contributed by atoms with Gasteiger partial charge in [0.2, 0.25) is 11.8 Å². The summed E-state index contributed by atoms with van der Waals surface area (Å²) < 4.78 is 28.5. The van der Waals surface area contributed by atoms with Crippen LogP contribution in [0.25, 0.3) is 0 Å². The molecule has 9 heteroatoms. The van der Waals surface area contributed by atoms with Crippen LogP contribution >= 0.6 is 0 Å². The monoisotopic (exact) mass is 433 g/mol. The van der Waals surface area contributed by atoms with E-state index in [4.69, 9.17) is 0 Å². The lowest BCUT2D eigenvalue weighted by Crippen LogP contribution is -2.42. The first-order chi connectivity index (χ1) is 14.6. The maximum Gasteiger partial charge on any atom is 0.247 e. The van der Waals surface area contributed by atoms with Crippen LogP contribution in [0.2, 0.25) is 0 Å². The van der Waals surface area contributed by atoms with Crippen LogP contribution in [0, 0.1) is 11.6 Å². The van der Waals surface area contributed by atoms with Gasteiger partial charge in [-0.1, -0.05) is 0 Å². The molecule has 0 spiro atoms. The molecule has 1 aliphatic rings. The number of imidazole rings is 1. The van der Waals surface area contributed by atoms with Gasteiger partial charge in [0.1, 0.15) is 17.7 Å². The summed E-state index contributed by atoms with van der Waals surface area (Å²) in [5.41, 5.74) is 0.0157. The fraction of sp³-hybridized carbons (Fsp3) is 0.500. The van der Waals surface area contributed by atoms with Gasteiger partial charge in [0, 0.05) is 18.8 Å². The number of halogens is 2. The van der Waals surface area contributed by atoms with Gasteiger partial charge in [0.25, 0.3) is 0 Å². The predicted octanol–water partition coefficient (Wildman–Crippen LogP) is 2.68. The van der Waals surface area contributed by atoms with Gasteiger partial charge in [0.05, 0.1) is 18.3 Å². The lowest BCUT2D eigenvalue weighted by Gasteiger charge is -2.31. The molecule has 2 amide bonds. The maximum absolute atomic E-state index is 13.3. The van der Waals surface area contributed by atoms with Crippen molar-refractivity contribution in [3.05, 3.63) is 47.9 Å². The lowest BCUT2D eigenvalue weighted by molar-refractivity contribution is -0.125. The normalized spacial score (nSPS) is 15.6. The molecule has 0 aliphatic carbocycles. The number of carbonyl (C=O) groups excluding carboxylic acids is 2. The number of nitrogens with one attached hydrogen (secondary N) is 2. The number of benzene rings is 1. The van der Waals surface area contributed by atoms with E-state index in [1.54, 1.807) is 12.5 Å². The maximum atomic E-state index is 13.3. The van der Waals surface area contributed by atoms with Crippen molar-refractivity contribution in [3.8, 4) is 0 Å². The summed E-state index contributed by atoms with van der Waals surface area (Å²) in [6.45, 7) is 8.87. The highest BCUT2D eigenvalue weighted by Gasteiger charge is 2.26. The first kappa shape index (κ1) is 22.9. The highest BCUT2D eigenvalue weighted by Crippen LogP contribution is 2.21. The largest absolute Gasteiger partial charge is 0.344 e. The summed E-state index contributed by atoms with van der Waals surface area (Å²) in [7, 11) is 0. The highest BCUT2D eigenvalue weighted by molar-refractivity contribution is 5.96. The van der Waals surface area contributed by atoms with E-state index >= 15 is 0 Å². The summed E-state index contributed by atoms with van der Waals surface area (Å²) in [6, 6.07) is 2.07. The third-order valence-electron chi connectivity index (χ3n) is 5.40. The fourth-order valence-corrected chi connectivity index (χ4v) is 3.78. The zero-order valence-electron chi connectivity index (χ0n) is 18.1. The molecule has 1 aromatic heterocycles. The Morgan fingerprint density at radius 2 is 1.81 bits per heavy atom. The van der Waals surface area contributed by atoms with Crippen molar-refractivity contribution in [2.75, 3.05) is 25.0 Å². The molecule has 168 valence electrons. The molecule has 0 unspecified atom stereocenters. The van der Waals surface area contributed by atoms with Crippen molar-refractivity contribution in [1.29, 1.82) is 0 Å². The Balaban J connectivity index is 1.53. The van der Waals surface area contributed by atoms with Gasteiger partial charge in [-0.05, 0) is 64.4 Å². The number of aromatic nitrogens is 2. The molecule has 1 atom stereocenters. The Labute approximate surface area is 180 Å². The average Bonchev–Trinajstić information content (AvgIpc) is 3.32. The minimum absolute atomic E-state index is 0.180. The molecule has 2 aromatic rings. The van der Waals surface area contributed by atoms with Crippen molar-refractivity contribution in [1.82, 2.24) is 19.8 Å². The SMILES string of the molecule is C[C@H](NC(=O)Cc1cc(F)cc(F)c1)C(=O)Nc1cn(C(C)(C)CN2CCCC2)cn1. The topological polar surface area (TPSA) is 79.3 Å². The van der Waals surface area contributed by atoms with Crippen LogP contribution in [0.5, 0.6) is 0 Å². The van der Waals surface area contributed by atoms with E-state index in [2.05, 4.69) is 34.4 Å². The standard InChI is InChI=1S/C22H29F2N5O2/c1-15(26-20(30)10-16-8-17(23)11-18(24)9-16)21(31)27-19-12-29(14-25-19)22(2,3)13-28-6-4-5-7-28/h8-9,11-12,14-15H,4-7,10,13H2,1-3H3,(H,26,30)(H,27,31)/t15-/m0/s1. The molecule has 31 heavy (non-hydrogen) atoms. The Morgan fingerprint density at radius 1 is 1.16 bits per heavy atom. The highest BCUT2D eigenvalue weighted by atomic mass is 19.1. The molecule has 1 fully saturated rings. The zero-order chi connectivity index (χ0) is 22.6. The second-order valence-corrected chi connectivity index (χ2v) is 8.69. The van der Waals surface area contributed by atoms with Crippen molar-refractivity contribution in [2.45, 2.75) is 51.6 Å². The molecule has 1 saturated heterocycles. The quantitative estimate of drug-likeness (QED) is 0.671. The third kappa shape index (κ3) is 6.33. The van der Waals surface area contributed by atoms with Crippen LogP contribution in [-0.4, -0.2) is 51.9 Å². The summed E-state index contributed by atoms with van der Waals surface area (Å²) >= 11 is 0. The van der Waals surface area contributed by atoms with Gasteiger partial charge in [-0.2, -0.15) is 0 Å². The van der Waals surface area contributed by atoms with Crippen molar-refractivity contribution in [3.63, 3.8) is 0 Å². The zero-order valence-corrected chi connectivity index (χ0v) is 18.1. The van der Waals surface area contributed by atoms with E-state index in [9.17, 15) is 18.4 Å². The molecule has 1 aromatic carbocycles. The summed E-state index contributed by atoms with van der Waals surface area (Å²) in [4.78, 5) is 31.3. The van der Waals surface area contributed by atoms with Gasteiger partial charge in [-0.3, -0.25) is 9.59 Å². The Morgan fingerprint density at radius 3 is 2.45 bits per heavy atom. The average molecular weight is 434 g/mol. The molecule has 2 N–H and O–H groups in total. The van der Waals surface area contributed by atoms with E-state index in [-0.39, 0.29) is 17.5 Å². The molecule has 0 bridgehead atoms. The molecule has 0 radical (unpaired) electrons. The minimum Gasteiger partial charge on any atom is -0.344 e. The Bertz CT molecular complexity index is 917. The Kier molecular flexibility index (Phi) is 7.04. The second kappa shape index (κ2) is 9.55. The van der Waals surface area contributed by atoms with Crippen LogP contribution in [0.1, 0.15) is 39.2 Å². The minimum atomic E-state index is -0.839. The van der Waals surface area contributed by atoms with E-state index in [0.29, 0.717) is 5.82 Å². The van der Waals surface area contributed by atoms with E-state index in [1.165, 1.54) is 19.8 Å². The number of amides is 2. The molecule has 0 saturated carbocycles. The Hall–Kier alpha value is -2.81. The summed E-state index contributed by atoms with van der Waals surface area (Å²) in [6.07, 6.45) is 5.68. The lowest BCUT2D eigenvalue weighted by atomic mass is 10.1. The van der Waals surface area contributed by atoms with Crippen LogP contribution in [0.3, 0.4) is 0 Å². The number of nitrogens with zero attached hydrogens (tertiary/aromatic N) is 3. The molecule has 1 aliphatic heterocycles. The number of anilines is 1. The van der Waals surface area contributed by atoms with E-state index in [0.717, 1.165) is 37.8 Å². The third-order valence-corrected chi connectivity index (χ3v) is 5.40. The number of likely N-dealkylation sites (tertiary alicyclic amines) is 1. The van der Waals surface area contributed by atoms with Gasteiger partial charge < -0.3 is 20.1 Å². The van der Waals surface area contributed by atoms with Gasteiger partial charge in [0.15, 0.2) is 5.82 Å². The summed E-state index contributed by atoms with van der Waals surface area (Å²) in [5, 5.41) is 5.23. The van der Waals surface area contributed by atoms with Crippen molar-refractivity contribution in [2.24, 2.45) is 0 Å². The predicted molar refractivity (Wildman–Crippen MR) is 114 cm³/mol. The molecule has 2 heterocycles. The smallest absolute Gasteiger partial charge is 0.247 e. The molecular weight excluding hydrogens is 404 g/mol. The second-order valence-electron chi connectivity index (χ2n) is 8.69. The van der Waals surface area contributed by atoms with Gasteiger partial charge in [-0.25, -0.2) is 13.8 Å². The number of rotatable bonds is 8. The first-order valence-electron chi connectivity index (χ1n) is 10.4. The number of carbonyl (C=O) groups is 2. The molecular formula is C22H29F2N5O2. The van der Waals surface area contributed by atoms with Crippen molar-refractivity contribution < 1.29 is 18.4 Å². The number of hydrogen-bond donors (Lipinski definition) is 2. The van der Waals surface area contributed by atoms with Crippen LogP contribution in [0.15, 0.2) is 30.7 Å². The van der Waals surface area contributed by atoms with E-state index in [1.807, 2.05) is 4.57 Å². The summed E-state index contributed by atoms with van der Waals surface area (Å²) in [5.74, 6) is -2.05. The van der Waals surface area contributed by atoms with Crippen molar-refractivity contribution >= 4 is 17.6 Å². The fourth-order valence-electron chi connectivity index (χ4n) is 3.78. The van der Waals surface area contributed by atoms with Crippen LogP contribution in [-0.2, 0) is 21.5 Å². The van der Waals surface area contributed by atoms with Crippen LogP contribution < -0.4 is 10.6 Å². The number of hydrogen-bond acceptors (Lipinski definition) is 4. The first-order valence-corrected chi connectivity index (χ1v) is 10.4.